The maximum Gasteiger partial charge on any atom is 0.373 e. The van der Waals surface area contributed by atoms with Crippen LogP contribution in [-0.2, 0) is 0 Å². The molecule has 0 saturated heterocycles. The molecule has 16 heavy (non-hydrogen) atoms. The summed E-state index contributed by atoms with van der Waals surface area (Å²) in [5, 5.41) is 9.78. The first-order valence-corrected chi connectivity index (χ1v) is 5.50. The van der Waals surface area contributed by atoms with Crippen molar-refractivity contribution in [3.63, 3.8) is 0 Å². The molecule has 0 atom stereocenters. The minimum Gasteiger partial charge on any atom is -0.475 e. The van der Waals surface area contributed by atoms with E-state index in [1.807, 2.05) is 12.1 Å². The number of hydrogen-bond acceptors (Lipinski definition) is 2. The van der Waals surface area contributed by atoms with Gasteiger partial charge in [0, 0.05) is 5.39 Å². The Hall–Kier alpha value is -1.48. The van der Waals surface area contributed by atoms with E-state index in [-0.39, 0.29) is 10.8 Å². The Morgan fingerprint density at radius 3 is 2.81 bits per heavy atom. The summed E-state index contributed by atoms with van der Waals surface area (Å²) in [4.78, 5) is 10.8. The van der Waals surface area contributed by atoms with Gasteiger partial charge >= 0.3 is 5.97 Å². The van der Waals surface area contributed by atoms with Crippen LogP contribution in [0.25, 0.3) is 11.0 Å². The molecule has 1 N–H and O–H groups in total. The largest absolute Gasteiger partial charge is 0.475 e. The second-order valence-electron chi connectivity index (χ2n) is 4.08. The highest BCUT2D eigenvalue weighted by atomic mass is 35.5. The van der Waals surface area contributed by atoms with E-state index in [4.69, 9.17) is 21.1 Å². The van der Waals surface area contributed by atoms with E-state index in [0.717, 1.165) is 0 Å². The quantitative estimate of drug-likeness (QED) is 0.866. The summed E-state index contributed by atoms with van der Waals surface area (Å²) in [6, 6.07) is 5.71. The molecule has 0 unspecified atom stereocenters. The van der Waals surface area contributed by atoms with E-state index >= 15 is 0 Å². The molecule has 1 aliphatic rings. The lowest BCUT2D eigenvalue weighted by atomic mass is 10.1. The third-order valence-electron chi connectivity index (χ3n) is 2.89. The molecule has 3 nitrogen and oxygen atoms in total. The zero-order chi connectivity index (χ0) is 11.3. The molecule has 1 heterocycles. The van der Waals surface area contributed by atoms with Gasteiger partial charge in [0.15, 0.2) is 0 Å². The van der Waals surface area contributed by atoms with Gasteiger partial charge < -0.3 is 9.52 Å². The fraction of sp³-hybridized carbons (Fsp3) is 0.250. The predicted octanol–water partition coefficient (Wildman–Crippen LogP) is 3.66. The fourth-order valence-corrected chi connectivity index (χ4v) is 2.16. The highest BCUT2D eigenvalue weighted by molar-refractivity contribution is 6.38. The lowest BCUT2D eigenvalue weighted by Gasteiger charge is -1.96. The first-order valence-electron chi connectivity index (χ1n) is 5.12. The Morgan fingerprint density at radius 2 is 2.19 bits per heavy atom. The zero-order valence-electron chi connectivity index (χ0n) is 8.37. The fourth-order valence-electron chi connectivity index (χ4n) is 1.89. The van der Waals surface area contributed by atoms with Gasteiger partial charge in [-0.15, -0.1) is 0 Å². The minimum absolute atomic E-state index is 0.176. The third-order valence-corrected chi connectivity index (χ3v) is 3.27. The van der Waals surface area contributed by atoms with E-state index in [2.05, 4.69) is 0 Å². The number of furan rings is 1. The molecular formula is C12H9ClO3. The molecule has 2 aromatic rings. The summed E-state index contributed by atoms with van der Waals surface area (Å²) in [5.41, 5.74) is 1.75. The molecule has 0 bridgehead atoms. The molecule has 0 amide bonds. The van der Waals surface area contributed by atoms with Crippen LogP contribution in [0.1, 0.15) is 34.9 Å². The molecule has 1 aromatic carbocycles. The molecule has 3 rings (SSSR count). The number of rotatable bonds is 2. The van der Waals surface area contributed by atoms with Crippen LogP contribution in [0.15, 0.2) is 22.6 Å². The van der Waals surface area contributed by atoms with Gasteiger partial charge in [-0.05, 0) is 36.5 Å². The second-order valence-corrected chi connectivity index (χ2v) is 4.46. The molecular weight excluding hydrogens is 228 g/mol. The lowest BCUT2D eigenvalue weighted by molar-refractivity contribution is 0.0665. The van der Waals surface area contributed by atoms with Crippen LogP contribution < -0.4 is 0 Å². The number of hydrogen-bond donors (Lipinski definition) is 1. The molecule has 1 fully saturated rings. The van der Waals surface area contributed by atoms with E-state index in [1.54, 1.807) is 6.07 Å². The molecule has 1 saturated carbocycles. The molecule has 1 aliphatic carbocycles. The number of carboxylic acids is 1. The summed E-state index contributed by atoms with van der Waals surface area (Å²) in [6.45, 7) is 0. The van der Waals surface area contributed by atoms with Crippen LogP contribution in [0, 0.1) is 0 Å². The maximum absolute atomic E-state index is 10.8. The van der Waals surface area contributed by atoms with Crippen LogP contribution in [-0.4, -0.2) is 11.1 Å². The average molecular weight is 237 g/mol. The molecule has 4 heteroatoms. The van der Waals surface area contributed by atoms with Gasteiger partial charge in [0.05, 0.1) is 0 Å². The van der Waals surface area contributed by atoms with Crippen molar-refractivity contribution in [3.05, 3.63) is 34.5 Å². The standard InChI is InChI=1S/C12H9ClO3/c13-10-8-5-7(6-1-2-6)3-4-9(8)16-11(10)12(14)15/h3-6H,1-2H2,(H,14,15). The van der Waals surface area contributed by atoms with Crippen molar-refractivity contribution in [1.29, 1.82) is 0 Å². The number of benzene rings is 1. The summed E-state index contributed by atoms with van der Waals surface area (Å²) in [7, 11) is 0. The smallest absolute Gasteiger partial charge is 0.373 e. The number of aromatic carboxylic acids is 1. The molecule has 0 radical (unpaired) electrons. The number of fused-ring (bicyclic) bond motifs is 1. The van der Waals surface area contributed by atoms with E-state index in [1.165, 1.54) is 18.4 Å². The Kier molecular flexibility index (Phi) is 1.98. The van der Waals surface area contributed by atoms with Gasteiger partial charge in [0.25, 0.3) is 0 Å². The summed E-state index contributed by atoms with van der Waals surface area (Å²) in [6.07, 6.45) is 2.40. The van der Waals surface area contributed by atoms with E-state index < -0.39 is 5.97 Å². The van der Waals surface area contributed by atoms with Crippen molar-refractivity contribution in [2.24, 2.45) is 0 Å². The Bertz CT molecular complexity index is 581. The lowest BCUT2D eigenvalue weighted by Crippen LogP contribution is -1.93. The van der Waals surface area contributed by atoms with E-state index in [9.17, 15) is 4.79 Å². The van der Waals surface area contributed by atoms with Crippen molar-refractivity contribution in [2.75, 3.05) is 0 Å². The highest BCUT2D eigenvalue weighted by Gasteiger charge is 2.25. The Labute approximate surface area is 96.6 Å². The van der Waals surface area contributed by atoms with Gasteiger partial charge in [0.2, 0.25) is 5.76 Å². The van der Waals surface area contributed by atoms with E-state index in [0.29, 0.717) is 16.9 Å². The van der Waals surface area contributed by atoms with Crippen LogP contribution in [0.4, 0.5) is 0 Å². The molecule has 0 aliphatic heterocycles. The normalized spacial score (nSPS) is 15.6. The van der Waals surface area contributed by atoms with Gasteiger partial charge in [0.1, 0.15) is 10.6 Å². The predicted molar refractivity (Wildman–Crippen MR) is 60.2 cm³/mol. The van der Waals surface area contributed by atoms with Crippen molar-refractivity contribution >= 4 is 28.5 Å². The van der Waals surface area contributed by atoms with Gasteiger partial charge in [-0.3, -0.25) is 0 Å². The summed E-state index contributed by atoms with van der Waals surface area (Å²) < 4.78 is 5.18. The summed E-state index contributed by atoms with van der Waals surface area (Å²) in [5.74, 6) is -0.692. The zero-order valence-corrected chi connectivity index (χ0v) is 9.12. The minimum atomic E-state index is -1.13. The van der Waals surface area contributed by atoms with Gasteiger partial charge in [-0.1, -0.05) is 17.7 Å². The summed E-state index contributed by atoms with van der Waals surface area (Å²) >= 11 is 5.97. The average Bonchev–Trinajstić information content (AvgIpc) is 3.04. The first-order chi connectivity index (χ1) is 7.66. The van der Waals surface area contributed by atoms with Crippen molar-refractivity contribution in [1.82, 2.24) is 0 Å². The third kappa shape index (κ3) is 1.39. The Morgan fingerprint density at radius 1 is 1.44 bits per heavy atom. The van der Waals surface area contributed by atoms with Crippen molar-refractivity contribution in [3.8, 4) is 0 Å². The van der Waals surface area contributed by atoms with Gasteiger partial charge in [-0.2, -0.15) is 0 Å². The Balaban J connectivity index is 2.21. The van der Waals surface area contributed by atoms with Crippen LogP contribution in [0.2, 0.25) is 5.02 Å². The first kappa shape index (κ1) is 9.73. The molecule has 0 spiro atoms. The van der Waals surface area contributed by atoms with Crippen molar-refractivity contribution in [2.45, 2.75) is 18.8 Å². The topological polar surface area (TPSA) is 50.4 Å². The van der Waals surface area contributed by atoms with Crippen LogP contribution in [0.5, 0.6) is 0 Å². The number of halogens is 1. The number of carboxylic acid groups (broad SMARTS) is 1. The molecule has 1 aromatic heterocycles. The highest BCUT2D eigenvalue weighted by Crippen LogP contribution is 2.42. The van der Waals surface area contributed by atoms with Crippen LogP contribution in [0.3, 0.4) is 0 Å². The maximum atomic E-state index is 10.8. The molecule has 82 valence electrons. The van der Waals surface area contributed by atoms with Crippen LogP contribution >= 0.6 is 11.6 Å². The monoisotopic (exact) mass is 236 g/mol. The SMILES string of the molecule is O=C(O)c1oc2ccc(C3CC3)cc2c1Cl. The van der Waals surface area contributed by atoms with Gasteiger partial charge in [-0.25, -0.2) is 4.79 Å². The number of carbonyl (C=O) groups is 1. The second kappa shape index (κ2) is 3.25. The van der Waals surface area contributed by atoms with Crippen molar-refractivity contribution < 1.29 is 14.3 Å².